The Morgan fingerprint density at radius 3 is 2.56 bits per heavy atom. The van der Waals surface area contributed by atoms with Crippen LogP contribution in [-0.4, -0.2) is 62.7 Å². The lowest BCUT2D eigenvalue weighted by Gasteiger charge is -2.38. The van der Waals surface area contributed by atoms with E-state index in [0.717, 1.165) is 38.5 Å². The van der Waals surface area contributed by atoms with Gasteiger partial charge in [0.05, 0.1) is 18.3 Å². The zero-order valence-electron chi connectivity index (χ0n) is 21.8. The molecule has 10 heteroatoms. The number of rotatable bonds is 13. The maximum absolute atomic E-state index is 13.9. The molecule has 2 unspecified atom stereocenters. The van der Waals surface area contributed by atoms with E-state index in [4.69, 9.17) is 11.2 Å². The minimum atomic E-state index is -0.893. The molecular weight excluding hydrogens is 458 g/mol. The van der Waals surface area contributed by atoms with Crippen molar-refractivity contribution in [3.05, 3.63) is 11.9 Å². The Bertz CT molecular complexity index is 999. The van der Waals surface area contributed by atoms with Crippen molar-refractivity contribution in [2.24, 2.45) is 23.2 Å². The van der Waals surface area contributed by atoms with Gasteiger partial charge < -0.3 is 15.0 Å². The molecule has 2 aliphatic carbocycles. The molecule has 0 radical (unpaired) electrons. The molecule has 196 valence electrons. The summed E-state index contributed by atoms with van der Waals surface area (Å²) in [6.07, 6.45) is 16.4. The SMILES string of the molecule is C#CCCC1(CCC(=O)N(CC(C)(OC)C2CC2)C(C(=O)NC2CCCCC2)c2cn(C)nn2)N=N1. The van der Waals surface area contributed by atoms with Crippen LogP contribution < -0.4 is 5.32 Å². The molecule has 1 aromatic heterocycles. The Hall–Kier alpha value is -2.80. The van der Waals surface area contributed by atoms with E-state index in [9.17, 15) is 9.59 Å². The van der Waals surface area contributed by atoms with Crippen molar-refractivity contribution in [3.8, 4) is 12.3 Å². The van der Waals surface area contributed by atoms with Crippen molar-refractivity contribution in [3.63, 3.8) is 0 Å². The van der Waals surface area contributed by atoms with Crippen molar-refractivity contribution in [1.82, 2.24) is 25.2 Å². The smallest absolute Gasteiger partial charge is 0.249 e. The Labute approximate surface area is 213 Å². The Balaban J connectivity index is 1.59. The molecule has 4 rings (SSSR count). The largest absolute Gasteiger partial charge is 0.376 e. The monoisotopic (exact) mass is 497 g/mol. The predicted octanol–water partition coefficient (Wildman–Crippen LogP) is 3.30. The molecule has 2 atom stereocenters. The van der Waals surface area contributed by atoms with E-state index in [0.29, 0.717) is 30.9 Å². The lowest BCUT2D eigenvalue weighted by Crippen LogP contribution is -2.53. The summed E-state index contributed by atoms with van der Waals surface area (Å²) >= 11 is 0. The van der Waals surface area contributed by atoms with Gasteiger partial charge in [0.15, 0.2) is 11.7 Å². The van der Waals surface area contributed by atoms with Gasteiger partial charge in [-0.1, -0.05) is 24.5 Å². The van der Waals surface area contributed by atoms with Gasteiger partial charge in [0, 0.05) is 45.9 Å². The topological polar surface area (TPSA) is 114 Å². The molecule has 36 heavy (non-hydrogen) atoms. The van der Waals surface area contributed by atoms with Crippen LogP contribution in [0, 0.1) is 18.3 Å². The molecular formula is C26H39N7O3. The number of aromatic nitrogens is 3. The van der Waals surface area contributed by atoms with Gasteiger partial charge in [0.1, 0.15) is 5.69 Å². The second kappa shape index (κ2) is 11.1. The highest BCUT2D eigenvalue weighted by atomic mass is 16.5. The number of methoxy groups -OCH3 is 1. The van der Waals surface area contributed by atoms with Gasteiger partial charge in [-0.25, -0.2) is 0 Å². The van der Waals surface area contributed by atoms with Crippen LogP contribution in [0.1, 0.15) is 89.3 Å². The van der Waals surface area contributed by atoms with E-state index in [1.807, 2.05) is 6.92 Å². The fourth-order valence-electron chi connectivity index (χ4n) is 5.29. The van der Waals surface area contributed by atoms with Gasteiger partial charge in [-0.15, -0.1) is 17.4 Å². The molecule has 10 nitrogen and oxygen atoms in total. The van der Waals surface area contributed by atoms with Crippen LogP contribution in [0.25, 0.3) is 0 Å². The van der Waals surface area contributed by atoms with Crippen LogP contribution in [0.2, 0.25) is 0 Å². The summed E-state index contributed by atoms with van der Waals surface area (Å²) in [7, 11) is 3.44. The molecule has 0 saturated heterocycles. The van der Waals surface area contributed by atoms with Gasteiger partial charge >= 0.3 is 0 Å². The first-order valence-electron chi connectivity index (χ1n) is 13.2. The average molecular weight is 498 g/mol. The van der Waals surface area contributed by atoms with Gasteiger partial charge in [-0.3, -0.25) is 14.3 Å². The normalized spacial score (nSPS) is 21.3. The van der Waals surface area contributed by atoms with Crippen LogP contribution >= 0.6 is 0 Å². The molecule has 1 aliphatic heterocycles. The Kier molecular flexibility index (Phi) is 8.08. The van der Waals surface area contributed by atoms with Gasteiger partial charge in [-0.2, -0.15) is 10.2 Å². The van der Waals surface area contributed by atoms with Gasteiger partial charge in [-0.05, 0) is 38.5 Å². The van der Waals surface area contributed by atoms with E-state index in [-0.39, 0.29) is 30.8 Å². The zero-order chi connectivity index (χ0) is 25.8. The van der Waals surface area contributed by atoms with Crippen molar-refractivity contribution >= 4 is 11.8 Å². The predicted molar refractivity (Wildman–Crippen MR) is 133 cm³/mol. The van der Waals surface area contributed by atoms with Gasteiger partial charge in [0.25, 0.3) is 0 Å². The molecule has 0 bridgehead atoms. The summed E-state index contributed by atoms with van der Waals surface area (Å²) in [5.41, 5.74) is -0.672. The highest BCUT2D eigenvalue weighted by Gasteiger charge is 2.47. The van der Waals surface area contributed by atoms with Crippen molar-refractivity contribution in [2.75, 3.05) is 13.7 Å². The standard InChI is InChI=1S/C26H39N7O3/c1-5-6-15-26(29-30-26)16-14-22(34)33(18-25(2,36-4)19-12-13-19)23(21-17-32(3)31-28-21)24(35)27-20-10-8-7-9-11-20/h1,17,19-20,23H,6-16,18H2,2-4H3,(H,27,35). The van der Waals surface area contributed by atoms with Gasteiger partial charge in [0.2, 0.25) is 11.8 Å². The lowest BCUT2D eigenvalue weighted by atomic mass is 9.94. The van der Waals surface area contributed by atoms with E-state index in [1.165, 1.54) is 6.42 Å². The Morgan fingerprint density at radius 2 is 2.00 bits per heavy atom. The lowest BCUT2D eigenvalue weighted by molar-refractivity contribution is -0.147. The first-order chi connectivity index (χ1) is 17.3. The maximum Gasteiger partial charge on any atom is 0.249 e. The summed E-state index contributed by atoms with van der Waals surface area (Å²) in [6.45, 7) is 2.32. The van der Waals surface area contributed by atoms with Crippen molar-refractivity contribution < 1.29 is 14.3 Å². The highest BCUT2D eigenvalue weighted by Crippen LogP contribution is 2.43. The number of hydrogen-bond acceptors (Lipinski definition) is 7. The second-order valence-electron chi connectivity index (χ2n) is 10.8. The number of aryl methyl sites for hydroxylation is 1. The maximum atomic E-state index is 13.9. The first kappa shape index (κ1) is 26.3. The summed E-state index contributed by atoms with van der Waals surface area (Å²) in [6, 6.07) is -0.785. The molecule has 2 amide bonds. The third-order valence-corrected chi connectivity index (χ3v) is 7.92. The number of ether oxygens (including phenoxy) is 1. The third-order valence-electron chi connectivity index (χ3n) is 7.92. The summed E-state index contributed by atoms with van der Waals surface area (Å²) in [5, 5.41) is 19.9. The number of carbonyl (C=O) groups is 2. The Morgan fingerprint density at radius 1 is 1.28 bits per heavy atom. The summed E-state index contributed by atoms with van der Waals surface area (Å²) in [5.74, 6) is 2.61. The molecule has 2 saturated carbocycles. The molecule has 2 heterocycles. The van der Waals surface area contributed by atoms with Crippen LogP contribution in [-0.2, 0) is 21.4 Å². The number of amides is 2. The van der Waals surface area contributed by atoms with E-state index < -0.39 is 17.3 Å². The number of nitrogens with zero attached hydrogens (tertiary/aromatic N) is 6. The molecule has 3 aliphatic rings. The third kappa shape index (κ3) is 6.30. The molecule has 1 aromatic rings. The van der Waals surface area contributed by atoms with E-state index in [2.05, 4.69) is 31.8 Å². The minimum Gasteiger partial charge on any atom is -0.376 e. The number of nitrogens with one attached hydrogen (secondary N) is 1. The van der Waals surface area contributed by atoms with Crippen LogP contribution in [0.4, 0.5) is 0 Å². The molecule has 1 N–H and O–H groups in total. The average Bonchev–Trinajstić information content (AvgIpc) is 3.81. The molecule has 2 fully saturated rings. The van der Waals surface area contributed by atoms with E-state index >= 15 is 0 Å². The van der Waals surface area contributed by atoms with Crippen LogP contribution in [0.15, 0.2) is 16.4 Å². The molecule has 0 spiro atoms. The second-order valence-corrected chi connectivity index (χ2v) is 10.8. The van der Waals surface area contributed by atoms with Crippen LogP contribution in [0.3, 0.4) is 0 Å². The summed E-state index contributed by atoms with van der Waals surface area (Å²) in [4.78, 5) is 29.3. The number of terminal acetylenes is 1. The minimum absolute atomic E-state index is 0.107. The fourth-order valence-corrected chi connectivity index (χ4v) is 5.29. The zero-order valence-corrected chi connectivity index (χ0v) is 21.8. The van der Waals surface area contributed by atoms with E-state index in [1.54, 1.807) is 29.9 Å². The highest BCUT2D eigenvalue weighted by molar-refractivity contribution is 5.88. The molecule has 0 aromatic carbocycles. The van der Waals surface area contributed by atoms with Crippen molar-refractivity contribution in [1.29, 1.82) is 0 Å². The number of carbonyl (C=O) groups excluding carboxylic acids is 2. The fraction of sp³-hybridized carbons (Fsp3) is 0.769. The van der Waals surface area contributed by atoms with Crippen molar-refractivity contribution in [2.45, 2.75) is 101 Å². The first-order valence-corrected chi connectivity index (χ1v) is 13.2. The quantitative estimate of drug-likeness (QED) is 0.420. The number of hydrogen-bond donors (Lipinski definition) is 1. The van der Waals surface area contributed by atoms with Crippen LogP contribution in [0.5, 0.6) is 0 Å². The summed E-state index contributed by atoms with van der Waals surface area (Å²) < 4.78 is 7.51.